The van der Waals surface area contributed by atoms with Crippen molar-refractivity contribution in [1.82, 2.24) is 5.32 Å². The van der Waals surface area contributed by atoms with Gasteiger partial charge in [-0.25, -0.2) is 0 Å². The third kappa shape index (κ3) is 5.68. The van der Waals surface area contributed by atoms with E-state index < -0.39 is 18.0 Å². The second-order valence-corrected chi connectivity index (χ2v) is 6.04. The van der Waals surface area contributed by atoms with Crippen LogP contribution in [-0.4, -0.2) is 30.4 Å². The first-order valence-electron chi connectivity index (χ1n) is 8.39. The Labute approximate surface area is 142 Å². The molecule has 0 saturated heterocycles. The van der Waals surface area contributed by atoms with Crippen LogP contribution in [0.2, 0.25) is 0 Å². The third-order valence-electron chi connectivity index (χ3n) is 4.10. The van der Waals surface area contributed by atoms with Crippen LogP contribution in [0.1, 0.15) is 39.0 Å². The predicted octanol–water partition coefficient (Wildman–Crippen LogP) is 2.25. The fourth-order valence-electron chi connectivity index (χ4n) is 2.73. The van der Waals surface area contributed by atoms with Gasteiger partial charge in [-0.3, -0.25) is 14.4 Å². The van der Waals surface area contributed by atoms with Crippen LogP contribution in [0.15, 0.2) is 30.3 Å². The Hall–Kier alpha value is -2.37. The molecular weight excluding hydrogens is 308 g/mol. The molecule has 24 heavy (non-hydrogen) atoms. The first-order chi connectivity index (χ1) is 11.6. The molecule has 2 amide bonds. The van der Waals surface area contributed by atoms with E-state index >= 15 is 0 Å². The minimum atomic E-state index is -0.927. The fraction of sp³-hybridized carbons (Fsp3) is 0.500. The van der Waals surface area contributed by atoms with Crippen LogP contribution in [0.25, 0.3) is 0 Å². The van der Waals surface area contributed by atoms with Gasteiger partial charge in [-0.15, -0.1) is 0 Å². The van der Waals surface area contributed by atoms with Crippen molar-refractivity contribution in [3.05, 3.63) is 30.3 Å². The SMILES string of the molecule is CC(OC(=O)CNC(=O)C1CCCCC1)C(=O)Nc1ccccc1. The number of nitrogens with one attached hydrogen (secondary N) is 2. The minimum absolute atomic E-state index is 0.00893. The fourth-order valence-corrected chi connectivity index (χ4v) is 2.73. The van der Waals surface area contributed by atoms with Crippen molar-refractivity contribution in [1.29, 1.82) is 0 Å². The zero-order chi connectivity index (χ0) is 17.4. The van der Waals surface area contributed by atoms with Crippen LogP contribution in [0, 0.1) is 5.92 Å². The largest absolute Gasteiger partial charge is 0.451 e. The van der Waals surface area contributed by atoms with Gasteiger partial charge in [0, 0.05) is 11.6 Å². The number of amides is 2. The van der Waals surface area contributed by atoms with Crippen molar-refractivity contribution in [2.45, 2.75) is 45.1 Å². The Kier molecular flexibility index (Phi) is 6.78. The number of benzene rings is 1. The Morgan fingerprint density at radius 2 is 1.79 bits per heavy atom. The van der Waals surface area contributed by atoms with Gasteiger partial charge in [0.25, 0.3) is 5.91 Å². The number of para-hydroxylation sites is 1. The normalized spacial score (nSPS) is 16.0. The molecule has 1 aliphatic carbocycles. The molecular formula is C18H24N2O4. The van der Waals surface area contributed by atoms with Gasteiger partial charge < -0.3 is 15.4 Å². The van der Waals surface area contributed by atoms with Crippen molar-refractivity contribution >= 4 is 23.5 Å². The van der Waals surface area contributed by atoms with Crippen molar-refractivity contribution < 1.29 is 19.1 Å². The van der Waals surface area contributed by atoms with Gasteiger partial charge in [0.15, 0.2) is 6.10 Å². The van der Waals surface area contributed by atoms with E-state index in [1.165, 1.54) is 13.3 Å². The molecule has 1 aliphatic rings. The van der Waals surface area contributed by atoms with Gasteiger partial charge >= 0.3 is 5.97 Å². The maximum atomic E-state index is 12.0. The molecule has 1 aromatic rings. The minimum Gasteiger partial charge on any atom is -0.451 e. The molecule has 0 aliphatic heterocycles. The summed E-state index contributed by atoms with van der Waals surface area (Å²) in [4.78, 5) is 35.7. The quantitative estimate of drug-likeness (QED) is 0.783. The molecule has 1 unspecified atom stereocenters. The van der Waals surface area contributed by atoms with Gasteiger partial charge in [-0.2, -0.15) is 0 Å². The van der Waals surface area contributed by atoms with Crippen LogP contribution in [-0.2, 0) is 19.1 Å². The Bertz CT molecular complexity index is 568. The van der Waals surface area contributed by atoms with Gasteiger partial charge in [-0.05, 0) is 31.9 Å². The molecule has 0 heterocycles. The topological polar surface area (TPSA) is 84.5 Å². The Morgan fingerprint density at radius 3 is 2.46 bits per heavy atom. The van der Waals surface area contributed by atoms with E-state index in [1.54, 1.807) is 24.3 Å². The Balaban J connectivity index is 1.70. The Morgan fingerprint density at radius 1 is 1.12 bits per heavy atom. The lowest BCUT2D eigenvalue weighted by atomic mass is 9.89. The molecule has 1 fully saturated rings. The number of carbonyl (C=O) groups is 3. The number of anilines is 1. The lowest BCUT2D eigenvalue weighted by Crippen LogP contribution is -2.38. The maximum absolute atomic E-state index is 12.0. The number of hydrogen-bond donors (Lipinski definition) is 2. The average molecular weight is 332 g/mol. The highest BCUT2D eigenvalue weighted by Gasteiger charge is 2.22. The molecule has 0 aromatic heterocycles. The van der Waals surface area contributed by atoms with Crippen LogP contribution >= 0.6 is 0 Å². The first kappa shape index (κ1) is 18.0. The molecule has 6 nitrogen and oxygen atoms in total. The summed E-state index contributed by atoms with van der Waals surface area (Å²) in [6, 6.07) is 8.93. The highest BCUT2D eigenvalue weighted by Crippen LogP contribution is 2.23. The van der Waals surface area contributed by atoms with E-state index in [0.29, 0.717) is 5.69 Å². The predicted molar refractivity (Wildman–Crippen MR) is 90.2 cm³/mol. The molecule has 0 spiro atoms. The van der Waals surface area contributed by atoms with Crippen molar-refractivity contribution in [2.75, 3.05) is 11.9 Å². The summed E-state index contributed by atoms with van der Waals surface area (Å²) in [5, 5.41) is 5.26. The maximum Gasteiger partial charge on any atom is 0.326 e. The standard InChI is InChI=1S/C18H24N2O4/c1-13(17(22)20-15-10-6-3-7-11-15)24-16(21)12-19-18(23)14-8-4-2-5-9-14/h3,6-7,10-11,13-14H,2,4-5,8-9,12H2,1H3,(H,19,23)(H,20,22). The van der Waals surface area contributed by atoms with E-state index in [1.807, 2.05) is 6.07 Å². The number of esters is 1. The van der Waals surface area contributed by atoms with Gasteiger partial charge in [0.1, 0.15) is 6.54 Å². The first-order valence-corrected chi connectivity index (χ1v) is 8.39. The van der Waals surface area contributed by atoms with Crippen molar-refractivity contribution in [3.8, 4) is 0 Å². The average Bonchev–Trinajstić information content (AvgIpc) is 2.61. The van der Waals surface area contributed by atoms with Crippen LogP contribution in [0.3, 0.4) is 0 Å². The third-order valence-corrected chi connectivity index (χ3v) is 4.10. The van der Waals surface area contributed by atoms with E-state index in [-0.39, 0.29) is 18.4 Å². The zero-order valence-corrected chi connectivity index (χ0v) is 13.9. The lowest BCUT2D eigenvalue weighted by Gasteiger charge is -2.20. The van der Waals surface area contributed by atoms with Crippen molar-refractivity contribution in [2.24, 2.45) is 5.92 Å². The molecule has 130 valence electrons. The van der Waals surface area contributed by atoms with Gasteiger partial charge in [0.2, 0.25) is 5.91 Å². The molecule has 2 rings (SSSR count). The zero-order valence-electron chi connectivity index (χ0n) is 13.9. The number of ether oxygens (including phenoxy) is 1. The van der Waals surface area contributed by atoms with Crippen LogP contribution < -0.4 is 10.6 Å². The van der Waals surface area contributed by atoms with E-state index in [2.05, 4.69) is 10.6 Å². The number of rotatable bonds is 6. The summed E-state index contributed by atoms with van der Waals surface area (Å²) in [6.45, 7) is 1.29. The summed E-state index contributed by atoms with van der Waals surface area (Å²) in [7, 11) is 0. The summed E-state index contributed by atoms with van der Waals surface area (Å²) in [5.74, 6) is -1.14. The highest BCUT2D eigenvalue weighted by molar-refractivity contribution is 5.95. The highest BCUT2D eigenvalue weighted by atomic mass is 16.5. The molecule has 1 atom stereocenters. The van der Waals surface area contributed by atoms with E-state index in [9.17, 15) is 14.4 Å². The lowest BCUT2D eigenvalue weighted by molar-refractivity contribution is -0.153. The molecule has 6 heteroatoms. The van der Waals surface area contributed by atoms with Crippen LogP contribution in [0.4, 0.5) is 5.69 Å². The second-order valence-electron chi connectivity index (χ2n) is 6.04. The molecule has 1 saturated carbocycles. The van der Waals surface area contributed by atoms with Gasteiger partial charge in [0.05, 0.1) is 0 Å². The smallest absolute Gasteiger partial charge is 0.326 e. The number of hydrogen-bond acceptors (Lipinski definition) is 4. The monoisotopic (exact) mass is 332 g/mol. The van der Waals surface area contributed by atoms with Gasteiger partial charge in [-0.1, -0.05) is 37.5 Å². The molecule has 0 bridgehead atoms. The summed E-state index contributed by atoms with van der Waals surface area (Å²) in [6.07, 6.45) is 4.09. The molecule has 0 radical (unpaired) electrons. The van der Waals surface area contributed by atoms with Crippen LogP contribution in [0.5, 0.6) is 0 Å². The second kappa shape index (κ2) is 9.05. The summed E-state index contributed by atoms with van der Waals surface area (Å²) >= 11 is 0. The van der Waals surface area contributed by atoms with E-state index in [4.69, 9.17) is 4.74 Å². The molecule has 1 aromatic carbocycles. The summed E-state index contributed by atoms with van der Waals surface area (Å²) < 4.78 is 5.06. The molecule has 2 N–H and O–H groups in total. The van der Waals surface area contributed by atoms with Crippen molar-refractivity contribution in [3.63, 3.8) is 0 Å². The van der Waals surface area contributed by atoms with E-state index in [0.717, 1.165) is 25.7 Å². The summed E-state index contributed by atoms with van der Waals surface area (Å²) in [5.41, 5.74) is 0.635. The number of carbonyl (C=O) groups excluding carboxylic acids is 3.